The first kappa shape index (κ1) is 12.0. The summed E-state index contributed by atoms with van der Waals surface area (Å²) in [6, 6.07) is 7.70. The smallest absolute Gasteiger partial charge is 0.354 e. The van der Waals surface area contributed by atoms with Gasteiger partial charge in [0.05, 0.1) is 11.4 Å². The van der Waals surface area contributed by atoms with Crippen LogP contribution in [-0.4, -0.2) is 20.9 Å². The summed E-state index contributed by atoms with van der Waals surface area (Å²) in [5.41, 5.74) is 4.12. The number of hydrogen-bond acceptors (Lipinski definition) is 2. The maximum absolute atomic E-state index is 11.4. The molecule has 1 fully saturated rings. The van der Waals surface area contributed by atoms with Crippen LogP contribution in [0.4, 0.5) is 0 Å². The number of hydrogen-bond donors (Lipinski definition) is 1. The quantitative estimate of drug-likeness (QED) is 0.918. The summed E-state index contributed by atoms with van der Waals surface area (Å²) in [6.07, 6.45) is 2.23. The third-order valence-corrected chi connectivity index (χ3v) is 3.54. The van der Waals surface area contributed by atoms with E-state index in [1.807, 2.05) is 32.0 Å². The molecule has 0 saturated heterocycles. The standard InChI is InChI=1S/C15H16N2O2/c1-9-3-4-10(2)13(7-9)17-14(15(18)19)8-12(16-17)11-5-6-11/h3-4,7-8,11H,5-6H2,1-2H3,(H,18,19). The summed E-state index contributed by atoms with van der Waals surface area (Å²) in [4.78, 5) is 11.4. The molecule has 1 aromatic carbocycles. The van der Waals surface area contributed by atoms with Gasteiger partial charge >= 0.3 is 5.97 Å². The number of carbonyl (C=O) groups is 1. The van der Waals surface area contributed by atoms with E-state index in [2.05, 4.69) is 5.10 Å². The third kappa shape index (κ3) is 2.14. The summed E-state index contributed by atoms with van der Waals surface area (Å²) in [7, 11) is 0. The van der Waals surface area contributed by atoms with Crippen LogP contribution < -0.4 is 0 Å². The number of rotatable bonds is 3. The molecule has 4 nitrogen and oxygen atoms in total. The zero-order valence-corrected chi connectivity index (χ0v) is 11.1. The minimum atomic E-state index is -0.930. The first-order valence-electron chi connectivity index (χ1n) is 6.47. The van der Waals surface area contributed by atoms with Crippen molar-refractivity contribution in [2.24, 2.45) is 0 Å². The van der Waals surface area contributed by atoms with E-state index in [1.54, 1.807) is 10.7 Å². The Morgan fingerprint density at radius 1 is 1.32 bits per heavy atom. The normalized spacial score (nSPS) is 14.6. The van der Waals surface area contributed by atoms with Crippen LogP contribution >= 0.6 is 0 Å². The number of benzene rings is 1. The van der Waals surface area contributed by atoms with Crippen LogP contribution in [0, 0.1) is 13.8 Å². The van der Waals surface area contributed by atoms with Gasteiger partial charge in [-0.25, -0.2) is 9.48 Å². The molecule has 2 aromatic rings. The van der Waals surface area contributed by atoms with Crippen molar-refractivity contribution in [1.82, 2.24) is 9.78 Å². The van der Waals surface area contributed by atoms with Crippen molar-refractivity contribution in [2.75, 3.05) is 0 Å². The lowest BCUT2D eigenvalue weighted by Crippen LogP contribution is -2.09. The van der Waals surface area contributed by atoms with E-state index in [9.17, 15) is 9.90 Å². The summed E-state index contributed by atoms with van der Waals surface area (Å²) in [5.74, 6) is -0.482. The van der Waals surface area contributed by atoms with Gasteiger partial charge in [-0.05, 0) is 49.9 Å². The second-order valence-electron chi connectivity index (χ2n) is 5.24. The minimum absolute atomic E-state index is 0.246. The van der Waals surface area contributed by atoms with Crippen molar-refractivity contribution in [2.45, 2.75) is 32.6 Å². The van der Waals surface area contributed by atoms with E-state index in [0.29, 0.717) is 5.92 Å². The number of aromatic nitrogens is 2. The predicted molar refractivity (Wildman–Crippen MR) is 72.0 cm³/mol. The highest BCUT2D eigenvalue weighted by Gasteiger charge is 2.29. The SMILES string of the molecule is Cc1ccc(C)c(-n2nc(C3CC3)cc2C(=O)O)c1. The minimum Gasteiger partial charge on any atom is -0.477 e. The molecule has 1 N–H and O–H groups in total. The van der Waals surface area contributed by atoms with Crippen molar-refractivity contribution < 1.29 is 9.90 Å². The van der Waals surface area contributed by atoms with Crippen LogP contribution in [0.5, 0.6) is 0 Å². The average Bonchev–Trinajstić information content (AvgIpc) is 3.11. The van der Waals surface area contributed by atoms with Gasteiger partial charge in [0.1, 0.15) is 0 Å². The first-order chi connectivity index (χ1) is 9.06. The molecule has 1 aromatic heterocycles. The molecule has 0 bridgehead atoms. The lowest BCUT2D eigenvalue weighted by atomic mass is 10.1. The Balaban J connectivity index is 2.17. The van der Waals surface area contributed by atoms with Gasteiger partial charge in [0.25, 0.3) is 0 Å². The van der Waals surface area contributed by atoms with E-state index < -0.39 is 5.97 Å². The monoisotopic (exact) mass is 256 g/mol. The maximum atomic E-state index is 11.4. The second kappa shape index (κ2) is 4.23. The van der Waals surface area contributed by atoms with Gasteiger partial charge in [-0.1, -0.05) is 12.1 Å². The van der Waals surface area contributed by atoms with Gasteiger partial charge in [0.15, 0.2) is 5.69 Å². The van der Waals surface area contributed by atoms with Gasteiger partial charge in [-0.15, -0.1) is 0 Å². The Labute approximate surface area is 111 Å². The molecular weight excluding hydrogens is 240 g/mol. The first-order valence-corrected chi connectivity index (χ1v) is 6.47. The molecule has 0 amide bonds. The van der Waals surface area contributed by atoms with Crippen molar-refractivity contribution in [3.63, 3.8) is 0 Å². The number of nitrogens with zero attached hydrogens (tertiary/aromatic N) is 2. The van der Waals surface area contributed by atoms with Gasteiger partial charge < -0.3 is 5.11 Å². The molecule has 3 rings (SSSR count). The number of aromatic carboxylic acids is 1. The number of aryl methyl sites for hydroxylation is 2. The van der Waals surface area contributed by atoms with Crippen LogP contribution in [0.2, 0.25) is 0 Å². The van der Waals surface area contributed by atoms with Crippen molar-refractivity contribution in [1.29, 1.82) is 0 Å². The molecule has 1 saturated carbocycles. The molecular formula is C15H16N2O2. The van der Waals surface area contributed by atoms with E-state index >= 15 is 0 Å². The summed E-state index contributed by atoms with van der Waals surface area (Å²) in [6.45, 7) is 3.97. The van der Waals surface area contributed by atoms with Gasteiger partial charge in [-0.2, -0.15) is 5.10 Å². The highest BCUT2D eigenvalue weighted by molar-refractivity contribution is 5.86. The van der Waals surface area contributed by atoms with Crippen LogP contribution in [0.15, 0.2) is 24.3 Å². The topological polar surface area (TPSA) is 55.1 Å². The molecule has 0 aliphatic heterocycles. The molecule has 0 unspecified atom stereocenters. The van der Waals surface area contributed by atoms with Crippen molar-refractivity contribution in [3.8, 4) is 5.69 Å². The molecule has 0 spiro atoms. The maximum Gasteiger partial charge on any atom is 0.354 e. The Morgan fingerprint density at radius 3 is 2.68 bits per heavy atom. The Kier molecular flexibility index (Phi) is 2.66. The predicted octanol–water partition coefficient (Wildman–Crippen LogP) is 3.06. The lowest BCUT2D eigenvalue weighted by Gasteiger charge is -2.09. The molecule has 0 atom stereocenters. The Bertz CT molecular complexity index is 654. The second-order valence-corrected chi connectivity index (χ2v) is 5.24. The van der Waals surface area contributed by atoms with E-state index in [-0.39, 0.29) is 5.69 Å². The summed E-state index contributed by atoms with van der Waals surface area (Å²) < 4.78 is 1.57. The average molecular weight is 256 g/mol. The van der Waals surface area contributed by atoms with Crippen LogP contribution in [0.1, 0.15) is 46.1 Å². The van der Waals surface area contributed by atoms with Crippen molar-refractivity contribution >= 4 is 5.97 Å². The summed E-state index contributed by atoms with van der Waals surface area (Å²) >= 11 is 0. The molecule has 1 heterocycles. The Morgan fingerprint density at radius 2 is 2.05 bits per heavy atom. The fraction of sp³-hybridized carbons (Fsp3) is 0.333. The van der Waals surface area contributed by atoms with Gasteiger partial charge in [0, 0.05) is 5.92 Å². The lowest BCUT2D eigenvalue weighted by molar-refractivity contribution is 0.0687. The zero-order chi connectivity index (χ0) is 13.6. The third-order valence-electron chi connectivity index (χ3n) is 3.54. The number of carboxylic acid groups (broad SMARTS) is 1. The van der Waals surface area contributed by atoms with Crippen molar-refractivity contribution in [3.05, 3.63) is 46.8 Å². The molecule has 1 aliphatic rings. The largest absolute Gasteiger partial charge is 0.477 e. The fourth-order valence-corrected chi connectivity index (χ4v) is 2.26. The van der Waals surface area contributed by atoms with E-state index in [1.165, 1.54) is 0 Å². The molecule has 1 aliphatic carbocycles. The van der Waals surface area contributed by atoms with Crippen LogP contribution in [0.3, 0.4) is 0 Å². The molecule has 0 radical (unpaired) electrons. The highest BCUT2D eigenvalue weighted by Crippen LogP contribution is 2.39. The van der Waals surface area contributed by atoms with Gasteiger partial charge in [0.2, 0.25) is 0 Å². The van der Waals surface area contributed by atoms with Crippen LogP contribution in [-0.2, 0) is 0 Å². The number of carboxylic acids is 1. The molecule has 19 heavy (non-hydrogen) atoms. The highest BCUT2D eigenvalue weighted by atomic mass is 16.4. The van der Waals surface area contributed by atoms with E-state index in [0.717, 1.165) is 35.3 Å². The fourth-order valence-electron chi connectivity index (χ4n) is 2.26. The molecule has 4 heteroatoms. The summed E-state index contributed by atoms with van der Waals surface area (Å²) in [5, 5.41) is 13.8. The van der Waals surface area contributed by atoms with Crippen LogP contribution in [0.25, 0.3) is 5.69 Å². The molecule has 98 valence electrons. The Hall–Kier alpha value is -2.10. The zero-order valence-electron chi connectivity index (χ0n) is 11.1. The van der Waals surface area contributed by atoms with E-state index in [4.69, 9.17) is 0 Å². The van der Waals surface area contributed by atoms with Gasteiger partial charge in [-0.3, -0.25) is 0 Å².